The minimum atomic E-state index is -0.284. The Bertz CT molecular complexity index is 558. The van der Waals surface area contributed by atoms with Crippen LogP contribution < -0.4 is 11.3 Å². The van der Waals surface area contributed by atoms with E-state index in [0.29, 0.717) is 10.9 Å². The molecule has 0 bridgehead atoms. The minimum absolute atomic E-state index is 0.122. The predicted molar refractivity (Wildman–Crippen MR) is 82.0 cm³/mol. The van der Waals surface area contributed by atoms with Crippen molar-refractivity contribution in [1.82, 2.24) is 5.43 Å². The van der Waals surface area contributed by atoms with Crippen LogP contribution in [0, 0.1) is 5.82 Å². The van der Waals surface area contributed by atoms with Gasteiger partial charge in [0.1, 0.15) is 5.82 Å². The van der Waals surface area contributed by atoms with Crippen molar-refractivity contribution in [3.05, 3.63) is 68.4 Å². The molecule has 0 saturated heterocycles. The quantitative estimate of drug-likeness (QED) is 0.612. The second-order valence-corrected chi connectivity index (χ2v) is 5.99. The minimum Gasteiger partial charge on any atom is -0.271 e. The van der Waals surface area contributed by atoms with E-state index < -0.39 is 0 Å². The van der Waals surface area contributed by atoms with Crippen LogP contribution in [0.25, 0.3) is 0 Å². The number of nitrogens with one attached hydrogen (secondary N) is 1. The van der Waals surface area contributed by atoms with E-state index in [4.69, 9.17) is 5.84 Å². The molecule has 3 N–H and O–H groups in total. The van der Waals surface area contributed by atoms with Gasteiger partial charge in [-0.1, -0.05) is 34.1 Å². The molecular formula is C14H13Br2FN2. The first kappa shape index (κ1) is 14.7. The zero-order chi connectivity index (χ0) is 13.8. The third-order valence-electron chi connectivity index (χ3n) is 2.90. The fraction of sp³-hybridized carbons (Fsp3) is 0.143. The highest BCUT2D eigenvalue weighted by atomic mass is 79.9. The van der Waals surface area contributed by atoms with Crippen molar-refractivity contribution in [3.63, 3.8) is 0 Å². The lowest BCUT2D eigenvalue weighted by atomic mass is 9.99. The third-order valence-corrected chi connectivity index (χ3v) is 4.07. The molecule has 2 aromatic rings. The molecule has 0 aliphatic heterocycles. The third kappa shape index (κ3) is 3.86. The highest BCUT2D eigenvalue weighted by molar-refractivity contribution is 9.10. The summed E-state index contributed by atoms with van der Waals surface area (Å²) in [6, 6.07) is 12.9. The smallest absolute Gasteiger partial charge is 0.137 e. The summed E-state index contributed by atoms with van der Waals surface area (Å²) in [7, 11) is 0. The van der Waals surface area contributed by atoms with Gasteiger partial charge < -0.3 is 0 Å². The Morgan fingerprint density at radius 2 is 1.79 bits per heavy atom. The summed E-state index contributed by atoms with van der Waals surface area (Å²) in [5, 5.41) is 0. The van der Waals surface area contributed by atoms with E-state index in [1.165, 1.54) is 6.07 Å². The topological polar surface area (TPSA) is 38.0 Å². The Kier molecular flexibility index (Phi) is 5.10. The SMILES string of the molecule is NNC(Cc1ccc(Br)cc1)c1ccc(Br)c(F)c1. The van der Waals surface area contributed by atoms with Gasteiger partial charge in [0.05, 0.1) is 10.5 Å². The number of rotatable bonds is 4. The summed E-state index contributed by atoms with van der Waals surface area (Å²) >= 11 is 6.54. The molecule has 0 aliphatic carbocycles. The molecule has 0 saturated carbocycles. The molecule has 0 aromatic heterocycles. The maximum Gasteiger partial charge on any atom is 0.137 e. The van der Waals surface area contributed by atoms with Crippen LogP contribution in [-0.4, -0.2) is 0 Å². The summed E-state index contributed by atoms with van der Waals surface area (Å²) in [6.45, 7) is 0. The maximum absolute atomic E-state index is 13.5. The molecule has 0 spiro atoms. The molecule has 19 heavy (non-hydrogen) atoms. The van der Waals surface area contributed by atoms with Gasteiger partial charge in [-0.2, -0.15) is 0 Å². The molecule has 0 fully saturated rings. The number of halogens is 3. The molecule has 100 valence electrons. The van der Waals surface area contributed by atoms with Crippen molar-refractivity contribution in [2.24, 2.45) is 5.84 Å². The number of hydrogen-bond donors (Lipinski definition) is 2. The van der Waals surface area contributed by atoms with Crippen LogP contribution in [0.5, 0.6) is 0 Å². The monoisotopic (exact) mass is 386 g/mol. The molecule has 2 nitrogen and oxygen atoms in total. The summed E-state index contributed by atoms with van der Waals surface area (Å²) in [5.41, 5.74) is 4.69. The second-order valence-electron chi connectivity index (χ2n) is 4.22. The Labute approximate surface area is 128 Å². The van der Waals surface area contributed by atoms with Gasteiger partial charge in [-0.3, -0.25) is 11.3 Å². The van der Waals surface area contributed by atoms with Crippen LogP contribution in [0.3, 0.4) is 0 Å². The van der Waals surface area contributed by atoms with Crippen molar-refractivity contribution < 1.29 is 4.39 Å². The van der Waals surface area contributed by atoms with Crippen molar-refractivity contribution in [3.8, 4) is 0 Å². The van der Waals surface area contributed by atoms with E-state index in [-0.39, 0.29) is 11.9 Å². The zero-order valence-electron chi connectivity index (χ0n) is 10.0. The molecule has 0 amide bonds. The van der Waals surface area contributed by atoms with Crippen LogP contribution in [0.2, 0.25) is 0 Å². The Balaban J connectivity index is 2.19. The molecule has 0 aliphatic rings. The van der Waals surface area contributed by atoms with E-state index in [9.17, 15) is 4.39 Å². The van der Waals surface area contributed by atoms with E-state index in [2.05, 4.69) is 37.3 Å². The highest BCUT2D eigenvalue weighted by Gasteiger charge is 2.12. The lowest BCUT2D eigenvalue weighted by Gasteiger charge is -2.17. The molecule has 2 aromatic carbocycles. The van der Waals surface area contributed by atoms with Crippen LogP contribution in [-0.2, 0) is 6.42 Å². The molecule has 2 rings (SSSR count). The van der Waals surface area contributed by atoms with Gasteiger partial charge in [0.15, 0.2) is 0 Å². The van der Waals surface area contributed by atoms with Gasteiger partial charge in [-0.05, 0) is 57.7 Å². The summed E-state index contributed by atoms with van der Waals surface area (Å²) < 4.78 is 15.0. The Morgan fingerprint density at radius 1 is 1.11 bits per heavy atom. The number of benzene rings is 2. The van der Waals surface area contributed by atoms with Gasteiger partial charge in [0.25, 0.3) is 0 Å². The molecule has 0 heterocycles. The van der Waals surface area contributed by atoms with E-state index in [1.807, 2.05) is 30.3 Å². The average molecular weight is 388 g/mol. The van der Waals surface area contributed by atoms with Gasteiger partial charge in [-0.15, -0.1) is 0 Å². The van der Waals surface area contributed by atoms with Crippen LogP contribution in [0.4, 0.5) is 4.39 Å². The van der Waals surface area contributed by atoms with Gasteiger partial charge >= 0.3 is 0 Å². The van der Waals surface area contributed by atoms with Crippen molar-refractivity contribution in [1.29, 1.82) is 0 Å². The molecular weight excluding hydrogens is 375 g/mol. The molecule has 1 unspecified atom stereocenters. The molecule has 1 atom stereocenters. The fourth-order valence-corrected chi connectivity index (χ4v) is 2.37. The molecule has 0 radical (unpaired) electrons. The lowest BCUT2D eigenvalue weighted by molar-refractivity contribution is 0.543. The normalized spacial score (nSPS) is 12.4. The standard InChI is InChI=1S/C14H13Br2FN2/c15-11-4-1-9(2-5-11)7-14(19-18)10-3-6-12(16)13(17)8-10/h1-6,8,14,19H,7,18H2. The number of hydrazine groups is 1. The van der Waals surface area contributed by atoms with Crippen LogP contribution in [0.1, 0.15) is 17.2 Å². The fourth-order valence-electron chi connectivity index (χ4n) is 1.86. The van der Waals surface area contributed by atoms with Crippen molar-refractivity contribution in [2.45, 2.75) is 12.5 Å². The average Bonchev–Trinajstić information content (AvgIpc) is 2.41. The summed E-state index contributed by atoms with van der Waals surface area (Å²) in [6.07, 6.45) is 0.699. The first-order valence-corrected chi connectivity index (χ1v) is 7.34. The van der Waals surface area contributed by atoms with Crippen molar-refractivity contribution >= 4 is 31.9 Å². The van der Waals surface area contributed by atoms with E-state index in [1.54, 1.807) is 6.07 Å². The van der Waals surface area contributed by atoms with Gasteiger partial charge in [0, 0.05) is 4.47 Å². The van der Waals surface area contributed by atoms with Gasteiger partial charge in [0.2, 0.25) is 0 Å². The van der Waals surface area contributed by atoms with Crippen LogP contribution in [0.15, 0.2) is 51.4 Å². The Morgan fingerprint density at radius 3 is 2.37 bits per heavy atom. The maximum atomic E-state index is 13.5. The first-order chi connectivity index (χ1) is 9.10. The zero-order valence-corrected chi connectivity index (χ0v) is 13.2. The van der Waals surface area contributed by atoms with Gasteiger partial charge in [-0.25, -0.2) is 4.39 Å². The summed E-state index contributed by atoms with van der Waals surface area (Å²) in [4.78, 5) is 0. The number of nitrogens with two attached hydrogens (primary N) is 1. The predicted octanol–water partition coefficient (Wildman–Crippen LogP) is 4.10. The van der Waals surface area contributed by atoms with E-state index >= 15 is 0 Å². The highest BCUT2D eigenvalue weighted by Crippen LogP contribution is 2.23. The second kappa shape index (κ2) is 6.61. The first-order valence-electron chi connectivity index (χ1n) is 5.75. The lowest BCUT2D eigenvalue weighted by Crippen LogP contribution is -2.29. The summed E-state index contributed by atoms with van der Waals surface area (Å²) in [5.74, 6) is 5.29. The largest absolute Gasteiger partial charge is 0.271 e. The van der Waals surface area contributed by atoms with E-state index in [0.717, 1.165) is 15.6 Å². The molecule has 5 heteroatoms. The number of hydrogen-bond acceptors (Lipinski definition) is 2. The van der Waals surface area contributed by atoms with Crippen molar-refractivity contribution in [2.75, 3.05) is 0 Å². The van der Waals surface area contributed by atoms with Crippen LogP contribution >= 0.6 is 31.9 Å². The Hall–Kier alpha value is -0.750.